The third-order valence-electron chi connectivity index (χ3n) is 2.95. The standard InChI is InChI=1S/C16H13Cl2FN2O3/c1-9(13-6-10(17)7-14(18)16(13)23)20-21-15(22)8-24-12-4-2-11(19)3-5-12/h2-7,23H,8H2,1H3,(H,21,22). The van der Waals surface area contributed by atoms with Crippen molar-refractivity contribution < 1.29 is 19.0 Å². The molecule has 2 N–H and O–H groups in total. The average Bonchev–Trinajstić information content (AvgIpc) is 2.55. The summed E-state index contributed by atoms with van der Waals surface area (Å²) in [5.41, 5.74) is 2.89. The SMILES string of the molecule is CC(=NNC(=O)COc1ccc(F)cc1)c1cc(Cl)cc(Cl)c1O. The fourth-order valence-electron chi connectivity index (χ4n) is 1.76. The van der Waals surface area contributed by atoms with Crippen LogP contribution < -0.4 is 10.2 Å². The molecule has 0 radical (unpaired) electrons. The van der Waals surface area contributed by atoms with Crippen LogP contribution in [0.15, 0.2) is 41.5 Å². The summed E-state index contributed by atoms with van der Waals surface area (Å²) in [5, 5.41) is 14.2. The topological polar surface area (TPSA) is 70.9 Å². The van der Waals surface area contributed by atoms with E-state index in [0.29, 0.717) is 22.0 Å². The largest absolute Gasteiger partial charge is 0.506 e. The van der Waals surface area contributed by atoms with Crippen molar-refractivity contribution in [2.24, 2.45) is 5.10 Å². The van der Waals surface area contributed by atoms with Crippen LogP contribution in [0.4, 0.5) is 4.39 Å². The number of nitrogens with one attached hydrogen (secondary N) is 1. The molecular formula is C16H13Cl2FN2O3. The number of ether oxygens (including phenoxy) is 1. The zero-order valence-corrected chi connectivity index (χ0v) is 14.0. The van der Waals surface area contributed by atoms with Gasteiger partial charge in [-0.15, -0.1) is 0 Å². The van der Waals surface area contributed by atoms with E-state index in [4.69, 9.17) is 27.9 Å². The number of carbonyl (C=O) groups is 1. The van der Waals surface area contributed by atoms with Gasteiger partial charge in [-0.2, -0.15) is 5.10 Å². The maximum absolute atomic E-state index is 12.8. The summed E-state index contributed by atoms with van der Waals surface area (Å²) in [6, 6.07) is 8.13. The molecule has 0 unspecified atom stereocenters. The number of hydrogen-bond acceptors (Lipinski definition) is 4. The molecule has 0 aliphatic carbocycles. The summed E-state index contributed by atoms with van der Waals surface area (Å²) in [6.07, 6.45) is 0. The monoisotopic (exact) mass is 370 g/mol. The normalized spacial score (nSPS) is 11.2. The Labute approximate surface area is 147 Å². The molecule has 0 atom stereocenters. The van der Waals surface area contributed by atoms with Crippen molar-refractivity contribution in [3.05, 3.63) is 57.8 Å². The second-order valence-electron chi connectivity index (χ2n) is 4.76. The Hall–Kier alpha value is -2.31. The maximum Gasteiger partial charge on any atom is 0.277 e. The van der Waals surface area contributed by atoms with Crippen LogP contribution in [0.25, 0.3) is 0 Å². The van der Waals surface area contributed by atoms with Gasteiger partial charge in [0.25, 0.3) is 5.91 Å². The van der Waals surface area contributed by atoms with Gasteiger partial charge in [0.2, 0.25) is 0 Å². The number of phenols is 1. The number of hydrazone groups is 1. The third kappa shape index (κ3) is 4.84. The van der Waals surface area contributed by atoms with E-state index in [-0.39, 0.29) is 17.4 Å². The number of benzene rings is 2. The number of rotatable bonds is 5. The van der Waals surface area contributed by atoms with Crippen LogP contribution in [-0.4, -0.2) is 23.3 Å². The smallest absolute Gasteiger partial charge is 0.277 e. The van der Waals surface area contributed by atoms with Crippen molar-refractivity contribution in [3.63, 3.8) is 0 Å². The highest BCUT2D eigenvalue weighted by atomic mass is 35.5. The Balaban J connectivity index is 1.97. The van der Waals surface area contributed by atoms with Gasteiger partial charge in [0.05, 0.1) is 10.7 Å². The van der Waals surface area contributed by atoms with Gasteiger partial charge >= 0.3 is 0 Å². The Kier molecular flexibility index (Phi) is 6.00. The predicted molar refractivity (Wildman–Crippen MR) is 90.4 cm³/mol. The van der Waals surface area contributed by atoms with Crippen LogP contribution in [0, 0.1) is 5.82 Å². The molecule has 0 bridgehead atoms. The molecule has 0 aliphatic heterocycles. The average molecular weight is 371 g/mol. The van der Waals surface area contributed by atoms with Gasteiger partial charge in [0.1, 0.15) is 17.3 Å². The lowest BCUT2D eigenvalue weighted by Crippen LogP contribution is -2.25. The van der Waals surface area contributed by atoms with Crippen LogP contribution in [0.5, 0.6) is 11.5 Å². The van der Waals surface area contributed by atoms with E-state index >= 15 is 0 Å². The zero-order valence-electron chi connectivity index (χ0n) is 12.5. The van der Waals surface area contributed by atoms with Crippen LogP contribution in [0.1, 0.15) is 12.5 Å². The minimum atomic E-state index is -0.522. The number of carbonyl (C=O) groups excluding carboxylic acids is 1. The van der Waals surface area contributed by atoms with Crippen LogP contribution >= 0.6 is 23.2 Å². The van der Waals surface area contributed by atoms with E-state index < -0.39 is 11.7 Å². The molecule has 0 aromatic heterocycles. The fourth-order valence-corrected chi connectivity index (χ4v) is 2.25. The molecule has 0 saturated carbocycles. The highest BCUT2D eigenvalue weighted by molar-refractivity contribution is 6.36. The second kappa shape index (κ2) is 7.99. The van der Waals surface area contributed by atoms with Gasteiger partial charge in [-0.05, 0) is 43.3 Å². The first-order valence-electron chi connectivity index (χ1n) is 6.76. The maximum atomic E-state index is 12.8. The number of phenolic OH excluding ortho intramolecular Hbond substituents is 1. The van der Waals surface area contributed by atoms with E-state index in [1.165, 1.54) is 36.4 Å². The Morgan fingerprint density at radius 2 is 1.96 bits per heavy atom. The molecule has 0 saturated heterocycles. The molecule has 2 rings (SSSR count). The van der Waals surface area contributed by atoms with Gasteiger partial charge in [0, 0.05) is 10.6 Å². The van der Waals surface area contributed by atoms with Gasteiger partial charge in [0.15, 0.2) is 6.61 Å². The second-order valence-corrected chi connectivity index (χ2v) is 5.60. The van der Waals surface area contributed by atoms with Gasteiger partial charge in [-0.1, -0.05) is 23.2 Å². The first-order chi connectivity index (χ1) is 11.4. The van der Waals surface area contributed by atoms with E-state index in [1.807, 2.05) is 0 Å². The lowest BCUT2D eigenvalue weighted by molar-refractivity contribution is -0.123. The summed E-state index contributed by atoms with van der Waals surface area (Å²) in [4.78, 5) is 11.7. The Morgan fingerprint density at radius 3 is 2.62 bits per heavy atom. The zero-order chi connectivity index (χ0) is 17.7. The van der Waals surface area contributed by atoms with Crippen molar-refractivity contribution in [1.29, 1.82) is 0 Å². The summed E-state index contributed by atoms with van der Waals surface area (Å²) < 4.78 is 17.9. The van der Waals surface area contributed by atoms with Crippen molar-refractivity contribution in [2.75, 3.05) is 6.61 Å². The summed E-state index contributed by atoms with van der Waals surface area (Å²) in [5.74, 6) is -0.746. The molecule has 0 heterocycles. The van der Waals surface area contributed by atoms with Crippen molar-refractivity contribution >= 4 is 34.8 Å². The van der Waals surface area contributed by atoms with Gasteiger partial charge in [-0.3, -0.25) is 4.79 Å². The number of hydrogen-bond donors (Lipinski definition) is 2. The number of nitrogens with zero attached hydrogens (tertiary/aromatic N) is 1. The Morgan fingerprint density at radius 1 is 1.29 bits per heavy atom. The number of amides is 1. The molecule has 0 fully saturated rings. The highest BCUT2D eigenvalue weighted by Gasteiger charge is 2.11. The van der Waals surface area contributed by atoms with E-state index in [2.05, 4.69) is 10.5 Å². The Bertz CT molecular complexity index is 780. The minimum Gasteiger partial charge on any atom is -0.506 e. The van der Waals surface area contributed by atoms with Crippen molar-refractivity contribution in [1.82, 2.24) is 5.43 Å². The summed E-state index contributed by atoms with van der Waals surface area (Å²) in [6.45, 7) is 1.27. The van der Waals surface area contributed by atoms with Crippen LogP contribution in [0.3, 0.4) is 0 Å². The van der Waals surface area contributed by atoms with Gasteiger partial charge < -0.3 is 9.84 Å². The molecule has 24 heavy (non-hydrogen) atoms. The number of aromatic hydroxyl groups is 1. The molecule has 2 aromatic carbocycles. The van der Waals surface area contributed by atoms with Crippen molar-refractivity contribution in [2.45, 2.75) is 6.92 Å². The van der Waals surface area contributed by atoms with Gasteiger partial charge in [-0.25, -0.2) is 9.82 Å². The summed E-state index contributed by atoms with van der Waals surface area (Å²) in [7, 11) is 0. The molecule has 0 aliphatic rings. The number of halogens is 3. The van der Waals surface area contributed by atoms with Crippen LogP contribution in [0.2, 0.25) is 10.0 Å². The molecule has 5 nitrogen and oxygen atoms in total. The lowest BCUT2D eigenvalue weighted by Gasteiger charge is -2.08. The molecule has 126 valence electrons. The molecular weight excluding hydrogens is 358 g/mol. The van der Waals surface area contributed by atoms with E-state index in [0.717, 1.165) is 0 Å². The molecule has 1 amide bonds. The predicted octanol–water partition coefficient (Wildman–Crippen LogP) is 3.76. The minimum absolute atomic E-state index is 0.0815. The molecule has 0 spiro atoms. The quantitative estimate of drug-likeness (QED) is 0.621. The van der Waals surface area contributed by atoms with E-state index in [1.54, 1.807) is 6.92 Å². The molecule has 8 heteroatoms. The van der Waals surface area contributed by atoms with Crippen molar-refractivity contribution in [3.8, 4) is 11.5 Å². The summed E-state index contributed by atoms with van der Waals surface area (Å²) >= 11 is 11.7. The highest BCUT2D eigenvalue weighted by Crippen LogP contribution is 2.31. The lowest BCUT2D eigenvalue weighted by atomic mass is 10.1. The first-order valence-corrected chi connectivity index (χ1v) is 7.52. The van der Waals surface area contributed by atoms with E-state index in [9.17, 15) is 14.3 Å². The third-order valence-corrected chi connectivity index (χ3v) is 3.46. The fraction of sp³-hybridized carbons (Fsp3) is 0.125. The van der Waals surface area contributed by atoms with Crippen LogP contribution in [-0.2, 0) is 4.79 Å². The first kappa shape index (κ1) is 18.0. The molecule has 2 aromatic rings.